The van der Waals surface area contributed by atoms with Gasteiger partial charge in [0.25, 0.3) is 5.56 Å². The Labute approximate surface area is 163 Å². The number of hydrogen-bond acceptors (Lipinski definition) is 4. The standard InChI is InChI=1S/C21H12ClN3OS/c22-13-9-11-14(12-10-13)27-20-16-6-2-1-5-15(16)19-23-18-8-4-3-7-17(18)21(26)25(19)24-20/h1-12H. The summed E-state index contributed by atoms with van der Waals surface area (Å²) in [5.74, 6) is 0. The summed E-state index contributed by atoms with van der Waals surface area (Å²) in [6.07, 6.45) is 0. The van der Waals surface area contributed by atoms with Gasteiger partial charge in [-0.3, -0.25) is 4.79 Å². The lowest BCUT2D eigenvalue weighted by Crippen LogP contribution is -2.18. The lowest BCUT2D eigenvalue weighted by atomic mass is 10.2. The molecule has 0 unspecified atom stereocenters. The monoisotopic (exact) mass is 389 g/mol. The van der Waals surface area contributed by atoms with Crippen molar-refractivity contribution >= 4 is 50.7 Å². The first-order valence-electron chi connectivity index (χ1n) is 8.35. The zero-order chi connectivity index (χ0) is 18.4. The molecule has 0 aliphatic carbocycles. The number of aromatic nitrogens is 3. The maximum absolute atomic E-state index is 13.0. The van der Waals surface area contributed by atoms with Crippen LogP contribution in [0.15, 0.2) is 87.5 Å². The molecule has 0 saturated carbocycles. The third-order valence-corrected chi connectivity index (χ3v) is 5.63. The van der Waals surface area contributed by atoms with E-state index in [1.165, 1.54) is 16.3 Å². The molecule has 130 valence electrons. The Balaban J connectivity index is 1.84. The minimum absolute atomic E-state index is 0.167. The first kappa shape index (κ1) is 16.3. The van der Waals surface area contributed by atoms with Gasteiger partial charge in [0.1, 0.15) is 5.03 Å². The highest BCUT2D eigenvalue weighted by Crippen LogP contribution is 2.33. The summed E-state index contributed by atoms with van der Waals surface area (Å²) < 4.78 is 1.41. The average molecular weight is 390 g/mol. The van der Waals surface area contributed by atoms with Crippen molar-refractivity contribution in [3.05, 3.63) is 88.2 Å². The predicted octanol–water partition coefficient (Wildman–Crippen LogP) is 5.20. The summed E-state index contributed by atoms with van der Waals surface area (Å²) in [5.41, 5.74) is 1.07. The molecule has 6 heteroatoms. The molecule has 2 aromatic heterocycles. The van der Waals surface area contributed by atoms with Crippen LogP contribution in [0.5, 0.6) is 0 Å². The van der Waals surface area contributed by atoms with Gasteiger partial charge in [-0.05, 0) is 36.4 Å². The van der Waals surface area contributed by atoms with E-state index >= 15 is 0 Å². The van der Waals surface area contributed by atoms with E-state index in [0.29, 0.717) is 21.6 Å². The molecule has 0 radical (unpaired) electrons. The Morgan fingerprint density at radius 2 is 1.48 bits per heavy atom. The zero-order valence-corrected chi connectivity index (χ0v) is 15.5. The number of para-hydroxylation sites is 1. The van der Waals surface area contributed by atoms with Crippen LogP contribution in [0.1, 0.15) is 0 Å². The Morgan fingerprint density at radius 3 is 2.26 bits per heavy atom. The summed E-state index contributed by atoms with van der Waals surface area (Å²) in [4.78, 5) is 18.7. The Morgan fingerprint density at radius 1 is 0.815 bits per heavy atom. The summed E-state index contributed by atoms with van der Waals surface area (Å²) in [5, 5.41) is 8.48. The molecular formula is C21H12ClN3OS. The number of fused-ring (bicyclic) bond motifs is 4. The second-order valence-corrected chi connectivity index (χ2v) is 7.57. The van der Waals surface area contributed by atoms with E-state index in [9.17, 15) is 4.79 Å². The van der Waals surface area contributed by atoms with E-state index in [1.54, 1.807) is 6.07 Å². The molecule has 0 N–H and O–H groups in total. The minimum Gasteiger partial charge on any atom is -0.267 e. The van der Waals surface area contributed by atoms with Crippen molar-refractivity contribution in [1.82, 2.24) is 14.6 Å². The Hall–Kier alpha value is -2.89. The van der Waals surface area contributed by atoms with Crippen molar-refractivity contribution in [2.24, 2.45) is 0 Å². The summed E-state index contributed by atoms with van der Waals surface area (Å²) >= 11 is 7.48. The third-order valence-electron chi connectivity index (χ3n) is 4.37. The molecule has 5 aromatic rings. The van der Waals surface area contributed by atoms with E-state index in [2.05, 4.69) is 5.10 Å². The highest BCUT2D eigenvalue weighted by Gasteiger charge is 2.14. The smallest absolute Gasteiger partial charge is 0.267 e. The highest BCUT2D eigenvalue weighted by atomic mass is 35.5. The van der Waals surface area contributed by atoms with E-state index in [1.807, 2.05) is 66.7 Å². The van der Waals surface area contributed by atoms with Gasteiger partial charge in [0.2, 0.25) is 0 Å². The lowest BCUT2D eigenvalue weighted by molar-refractivity contribution is 0.835. The molecule has 0 aliphatic rings. The largest absolute Gasteiger partial charge is 0.282 e. The molecule has 0 atom stereocenters. The molecule has 0 saturated heterocycles. The van der Waals surface area contributed by atoms with Crippen molar-refractivity contribution in [2.75, 3.05) is 0 Å². The second kappa shape index (κ2) is 6.37. The van der Waals surface area contributed by atoms with Crippen LogP contribution in [-0.4, -0.2) is 14.6 Å². The second-order valence-electron chi connectivity index (χ2n) is 6.08. The van der Waals surface area contributed by atoms with Crippen LogP contribution in [0.25, 0.3) is 27.3 Å². The maximum atomic E-state index is 13.0. The van der Waals surface area contributed by atoms with E-state index < -0.39 is 0 Å². The van der Waals surface area contributed by atoms with Crippen LogP contribution < -0.4 is 5.56 Å². The molecule has 4 nitrogen and oxygen atoms in total. The number of hydrogen-bond donors (Lipinski definition) is 0. The number of benzene rings is 3. The van der Waals surface area contributed by atoms with Crippen LogP contribution >= 0.6 is 23.4 Å². The lowest BCUT2D eigenvalue weighted by Gasteiger charge is -2.10. The van der Waals surface area contributed by atoms with E-state index in [-0.39, 0.29) is 5.56 Å². The molecule has 0 amide bonds. The Bertz CT molecular complexity index is 1380. The van der Waals surface area contributed by atoms with Gasteiger partial charge in [0, 0.05) is 20.7 Å². The van der Waals surface area contributed by atoms with Gasteiger partial charge in [0.15, 0.2) is 5.65 Å². The maximum Gasteiger partial charge on any atom is 0.282 e. The van der Waals surface area contributed by atoms with Crippen LogP contribution in [-0.2, 0) is 0 Å². The number of nitrogens with zero attached hydrogens (tertiary/aromatic N) is 3. The van der Waals surface area contributed by atoms with Crippen LogP contribution in [0.2, 0.25) is 5.02 Å². The number of halogens is 1. The molecule has 0 bridgehead atoms. The minimum atomic E-state index is -0.167. The van der Waals surface area contributed by atoms with Gasteiger partial charge in [-0.25, -0.2) is 4.98 Å². The fraction of sp³-hybridized carbons (Fsp3) is 0. The van der Waals surface area contributed by atoms with Gasteiger partial charge in [0.05, 0.1) is 10.9 Å². The topological polar surface area (TPSA) is 47.3 Å². The van der Waals surface area contributed by atoms with Crippen molar-refractivity contribution < 1.29 is 0 Å². The summed E-state index contributed by atoms with van der Waals surface area (Å²) in [7, 11) is 0. The molecule has 0 aliphatic heterocycles. The van der Waals surface area contributed by atoms with Gasteiger partial charge in [-0.15, -0.1) is 0 Å². The first-order chi connectivity index (χ1) is 13.2. The zero-order valence-electron chi connectivity index (χ0n) is 14.0. The van der Waals surface area contributed by atoms with E-state index in [4.69, 9.17) is 16.6 Å². The molecule has 0 fully saturated rings. The van der Waals surface area contributed by atoms with Gasteiger partial charge in [-0.1, -0.05) is 59.8 Å². The first-order valence-corrected chi connectivity index (χ1v) is 9.54. The van der Waals surface area contributed by atoms with Crippen LogP contribution in [0, 0.1) is 0 Å². The van der Waals surface area contributed by atoms with Crippen LogP contribution in [0.3, 0.4) is 0 Å². The Kier molecular flexibility index (Phi) is 3.85. The van der Waals surface area contributed by atoms with Crippen molar-refractivity contribution in [3.63, 3.8) is 0 Å². The van der Waals surface area contributed by atoms with Crippen LogP contribution in [0.4, 0.5) is 0 Å². The highest BCUT2D eigenvalue weighted by molar-refractivity contribution is 7.99. The van der Waals surface area contributed by atoms with Gasteiger partial charge in [-0.2, -0.15) is 9.61 Å². The summed E-state index contributed by atoms with van der Waals surface area (Å²) in [6.45, 7) is 0. The molecular weight excluding hydrogens is 378 g/mol. The molecule has 3 aromatic carbocycles. The molecule has 0 spiro atoms. The molecule has 2 heterocycles. The van der Waals surface area contributed by atoms with Crippen molar-refractivity contribution in [1.29, 1.82) is 0 Å². The van der Waals surface area contributed by atoms with Gasteiger partial charge >= 0.3 is 0 Å². The van der Waals surface area contributed by atoms with Crippen molar-refractivity contribution in [2.45, 2.75) is 9.92 Å². The summed E-state index contributed by atoms with van der Waals surface area (Å²) in [6, 6.07) is 22.8. The van der Waals surface area contributed by atoms with E-state index in [0.717, 1.165) is 20.7 Å². The third kappa shape index (κ3) is 2.76. The van der Waals surface area contributed by atoms with Gasteiger partial charge < -0.3 is 0 Å². The van der Waals surface area contributed by atoms with Crippen molar-refractivity contribution in [3.8, 4) is 0 Å². The predicted molar refractivity (Wildman–Crippen MR) is 110 cm³/mol. The molecule has 5 rings (SSSR count). The molecule has 27 heavy (non-hydrogen) atoms. The normalized spacial score (nSPS) is 11.4. The SMILES string of the molecule is O=c1c2ccccc2nc2c3ccccc3c(Sc3ccc(Cl)cc3)nn12. The quantitative estimate of drug-likeness (QED) is 0.307. The fourth-order valence-corrected chi connectivity index (χ4v) is 4.12. The average Bonchev–Trinajstić information content (AvgIpc) is 2.71. The fourth-order valence-electron chi connectivity index (χ4n) is 3.09. The number of rotatable bonds is 2.